The van der Waals surface area contributed by atoms with Crippen molar-refractivity contribution in [3.63, 3.8) is 0 Å². The highest BCUT2D eigenvalue weighted by Gasteiger charge is 2.12. The first-order valence-corrected chi connectivity index (χ1v) is 8.64. The quantitative estimate of drug-likeness (QED) is 0.509. The maximum atomic E-state index is 12.3. The molecule has 27 heavy (non-hydrogen) atoms. The summed E-state index contributed by atoms with van der Waals surface area (Å²) in [6.45, 7) is 0. The molecule has 134 valence electrons. The number of aromatic nitrogens is 4. The highest BCUT2D eigenvalue weighted by atomic mass is 35.5. The number of anilines is 1. The predicted octanol–water partition coefficient (Wildman–Crippen LogP) is 3.88. The Bertz CT molecular complexity index is 1140. The molecular formula is C18H12Cl2N6O. The van der Waals surface area contributed by atoms with Gasteiger partial charge in [-0.05, 0) is 36.4 Å². The van der Waals surface area contributed by atoms with Gasteiger partial charge in [0.05, 0.1) is 17.3 Å². The van der Waals surface area contributed by atoms with Crippen LogP contribution in [-0.2, 0) is 0 Å². The molecule has 1 amide bonds. The summed E-state index contributed by atoms with van der Waals surface area (Å²) >= 11 is 12.0. The van der Waals surface area contributed by atoms with E-state index in [0.717, 1.165) is 5.69 Å². The van der Waals surface area contributed by atoms with Crippen molar-refractivity contribution in [1.29, 1.82) is 0 Å². The van der Waals surface area contributed by atoms with Crippen LogP contribution in [0.2, 0.25) is 10.0 Å². The fourth-order valence-electron chi connectivity index (χ4n) is 2.56. The molecule has 0 aliphatic rings. The Hall–Kier alpha value is -3.16. The Morgan fingerprint density at radius 1 is 1.00 bits per heavy atom. The van der Waals surface area contributed by atoms with Crippen molar-refractivity contribution in [2.24, 2.45) is 0 Å². The second-order valence-corrected chi connectivity index (χ2v) is 6.46. The number of hydrazine groups is 1. The van der Waals surface area contributed by atoms with E-state index >= 15 is 0 Å². The van der Waals surface area contributed by atoms with Crippen molar-refractivity contribution in [2.45, 2.75) is 0 Å². The molecule has 0 saturated heterocycles. The number of fused-ring (bicyclic) bond motifs is 1. The number of nitrogens with one attached hydrogen (secondary N) is 2. The van der Waals surface area contributed by atoms with Gasteiger partial charge in [0, 0.05) is 15.6 Å². The summed E-state index contributed by atoms with van der Waals surface area (Å²) < 4.78 is 1.65. The van der Waals surface area contributed by atoms with Crippen LogP contribution in [0.4, 0.5) is 5.82 Å². The lowest BCUT2D eigenvalue weighted by molar-refractivity contribution is 0.0962. The molecule has 0 aliphatic carbocycles. The second kappa shape index (κ2) is 7.22. The molecule has 2 aromatic heterocycles. The van der Waals surface area contributed by atoms with Gasteiger partial charge in [-0.2, -0.15) is 5.10 Å². The van der Waals surface area contributed by atoms with Gasteiger partial charge in [-0.25, -0.2) is 14.6 Å². The van der Waals surface area contributed by atoms with Crippen LogP contribution in [-0.4, -0.2) is 25.7 Å². The van der Waals surface area contributed by atoms with Crippen LogP contribution in [0.3, 0.4) is 0 Å². The van der Waals surface area contributed by atoms with Gasteiger partial charge in [-0.15, -0.1) is 0 Å². The van der Waals surface area contributed by atoms with Crippen LogP contribution >= 0.6 is 23.2 Å². The van der Waals surface area contributed by atoms with Gasteiger partial charge >= 0.3 is 0 Å². The number of carbonyl (C=O) groups is 1. The Morgan fingerprint density at radius 2 is 1.78 bits per heavy atom. The smallest absolute Gasteiger partial charge is 0.269 e. The van der Waals surface area contributed by atoms with Gasteiger partial charge in [-0.3, -0.25) is 15.6 Å². The van der Waals surface area contributed by atoms with E-state index < -0.39 is 0 Å². The molecule has 4 aromatic rings. The molecule has 2 heterocycles. The van der Waals surface area contributed by atoms with Crippen molar-refractivity contribution in [3.8, 4) is 5.69 Å². The van der Waals surface area contributed by atoms with Crippen LogP contribution in [0.5, 0.6) is 0 Å². The summed E-state index contributed by atoms with van der Waals surface area (Å²) in [5, 5.41) is 6.07. The summed E-state index contributed by atoms with van der Waals surface area (Å²) in [5.74, 6) is 0.0788. The molecule has 0 radical (unpaired) electrons. The number of carbonyl (C=O) groups excluding carboxylic acids is 1. The molecule has 4 rings (SSSR count). The Labute approximate surface area is 163 Å². The Morgan fingerprint density at radius 3 is 2.56 bits per heavy atom. The molecular weight excluding hydrogens is 387 g/mol. The van der Waals surface area contributed by atoms with E-state index in [0.29, 0.717) is 32.5 Å². The highest BCUT2D eigenvalue weighted by molar-refractivity contribution is 6.31. The molecule has 0 spiro atoms. The zero-order valence-electron chi connectivity index (χ0n) is 13.7. The van der Waals surface area contributed by atoms with Gasteiger partial charge in [0.15, 0.2) is 11.5 Å². The predicted molar refractivity (Wildman–Crippen MR) is 104 cm³/mol. The molecule has 0 fully saturated rings. The largest absolute Gasteiger partial charge is 0.281 e. The molecule has 0 saturated carbocycles. The number of halogens is 2. The maximum Gasteiger partial charge on any atom is 0.269 e. The summed E-state index contributed by atoms with van der Waals surface area (Å²) in [6, 6.07) is 13.9. The minimum atomic E-state index is -0.341. The van der Waals surface area contributed by atoms with E-state index in [2.05, 4.69) is 25.9 Å². The monoisotopic (exact) mass is 398 g/mol. The first kappa shape index (κ1) is 17.3. The average Bonchev–Trinajstić information content (AvgIpc) is 3.11. The van der Waals surface area contributed by atoms with Gasteiger partial charge in [0.2, 0.25) is 0 Å². The summed E-state index contributed by atoms with van der Waals surface area (Å²) in [7, 11) is 0. The average molecular weight is 399 g/mol. The van der Waals surface area contributed by atoms with E-state index in [1.54, 1.807) is 47.3 Å². The zero-order valence-corrected chi connectivity index (χ0v) is 15.2. The summed E-state index contributed by atoms with van der Waals surface area (Å²) in [6.07, 6.45) is 3.00. The fourth-order valence-corrected chi connectivity index (χ4v) is 2.93. The third-order valence-electron chi connectivity index (χ3n) is 3.80. The van der Waals surface area contributed by atoms with Crippen molar-refractivity contribution in [3.05, 3.63) is 76.7 Å². The molecule has 2 N–H and O–H groups in total. The van der Waals surface area contributed by atoms with Crippen LogP contribution in [0.1, 0.15) is 10.4 Å². The van der Waals surface area contributed by atoms with Crippen LogP contribution < -0.4 is 10.9 Å². The molecule has 9 heteroatoms. The van der Waals surface area contributed by atoms with Crippen molar-refractivity contribution in [2.75, 3.05) is 5.43 Å². The van der Waals surface area contributed by atoms with E-state index in [-0.39, 0.29) is 5.91 Å². The summed E-state index contributed by atoms with van der Waals surface area (Å²) in [5.41, 5.74) is 7.18. The number of hydrogen-bond donors (Lipinski definition) is 2. The van der Waals surface area contributed by atoms with E-state index in [1.165, 1.54) is 6.33 Å². The van der Waals surface area contributed by atoms with Crippen molar-refractivity contribution in [1.82, 2.24) is 25.2 Å². The highest BCUT2D eigenvalue weighted by Crippen LogP contribution is 2.22. The lowest BCUT2D eigenvalue weighted by Gasteiger charge is -2.09. The van der Waals surface area contributed by atoms with E-state index in [1.807, 2.05) is 12.1 Å². The van der Waals surface area contributed by atoms with Gasteiger partial charge in [0.25, 0.3) is 5.91 Å². The van der Waals surface area contributed by atoms with Gasteiger partial charge < -0.3 is 0 Å². The third kappa shape index (κ3) is 3.55. The van der Waals surface area contributed by atoms with Crippen molar-refractivity contribution >= 4 is 46.0 Å². The number of nitrogens with zero attached hydrogens (tertiary/aromatic N) is 4. The summed E-state index contributed by atoms with van der Waals surface area (Å²) in [4.78, 5) is 20.7. The van der Waals surface area contributed by atoms with E-state index in [4.69, 9.17) is 23.2 Å². The number of hydrogen-bond acceptors (Lipinski definition) is 5. The first-order valence-electron chi connectivity index (χ1n) is 7.88. The second-order valence-electron chi connectivity index (χ2n) is 5.59. The topological polar surface area (TPSA) is 84.7 Å². The molecule has 0 aliphatic heterocycles. The Kier molecular flexibility index (Phi) is 4.62. The third-order valence-corrected chi connectivity index (χ3v) is 4.27. The van der Waals surface area contributed by atoms with Crippen molar-refractivity contribution < 1.29 is 4.79 Å². The molecule has 7 nitrogen and oxygen atoms in total. The van der Waals surface area contributed by atoms with E-state index in [9.17, 15) is 4.79 Å². The van der Waals surface area contributed by atoms with Crippen LogP contribution in [0, 0.1) is 0 Å². The molecule has 0 unspecified atom stereocenters. The van der Waals surface area contributed by atoms with Crippen LogP contribution in [0.15, 0.2) is 61.1 Å². The van der Waals surface area contributed by atoms with Gasteiger partial charge in [-0.1, -0.05) is 35.3 Å². The lowest BCUT2D eigenvalue weighted by Crippen LogP contribution is -2.29. The normalized spacial score (nSPS) is 10.7. The minimum Gasteiger partial charge on any atom is -0.281 e. The number of benzene rings is 2. The fraction of sp³-hybridized carbons (Fsp3) is 0. The lowest BCUT2D eigenvalue weighted by atomic mass is 10.2. The SMILES string of the molecule is O=C(NNc1ncnc2c1cnn2-c1cccc(Cl)c1)c1cccc(Cl)c1. The molecule has 0 atom stereocenters. The maximum absolute atomic E-state index is 12.3. The van der Waals surface area contributed by atoms with Crippen LogP contribution in [0.25, 0.3) is 16.7 Å². The van der Waals surface area contributed by atoms with Gasteiger partial charge in [0.1, 0.15) is 6.33 Å². The molecule has 0 bridgehead atoms. The molecule has 2 aromatic carbocycles. The number of amides is 1. The first-order chi connectivity index (χ1) is 13.1. The number of rotatable bonds is 4. The minimum absolute atomic E-state index is 0.341. The standard InChI is InChI=1S/C18H12Cl2N6O/c19-12-4-1-3-11(7-12)18(27)25-24-16-15-9-23-26(17(15)22-10-21-16)14-6-2-5-13(20)8-14/h1-10H,(H,25,27)(H,21,22,24). The Balaban J connectivity index is 1.61. The zero-order chi connectivity index (χ0) is 18.8.